The first-order valence-corrected chi connectivity index (χ1v) is 5.76. The van der Waals surface area contributed by atoms with Crippen LogP contribution in [0.5, 0.6) is 0 Å². The van der Waals surface area contributed by atoms with Crippen molar-refractivity contribution in [3.8, 4) is 0 Å². The molecule has 0 spiro atoms. The largest absolute Gasteiger partial charge is 0.320 e. The summed E-state index contributed by atoms with van der Waals surface area (Å²) in [5, 5.41) is 0. The van der Waals surface area contributed by atoms with Crippen molar-refractivity contribution in [1.29, 1.82) is 0 Å². The maximum atomic E-state index is 13.7. The Bertz CT molecular complexity index is 579. The third kappa shape index (κ3) is 2.41. The van der Waals surface area contributed by atoms with Gasteiger partial charge in [0.1, 0.15) is 11.6 Å². The number of hydrogen-bond donors (Lipinski definition) is 1. The lowest BCUT2D eigenvalue weighted by molar-refractivity contribution is 0.597. The second-order valence-electron chi connectivity index (χ2n) is 4.51. The number of hydrogen-bond acceptors (Lipinski definition) is 1. The van der Waals surface area contributed by atoms with E-state index in [0.29, 0.717) is 16.7 Å². The zero-order valence-corrected chi connectivity index (χ0v) is 10.4. The quantitative estimate of drug-likeness (QED) is 0.861. The average molecular weight is 247 g/mol. The Labute approximate surface area is 105 Å². The molecule has 3 heteroatoms. The molecule has 18 heavy (non-hydrogen) atoms. The molecule has 1 atom stereocenters. The summed E-state index contributed by atoms with van der Waals surface area (Å²) >= 11 is 0. The lowest BCUT2D eigenvalue weighted by Crippen LogP contribution is -2.14. The van der Waals surface area contributed by atoms with E-state index in [9.17, 15) is 8.78 Å². The fraction of sp³-hybridized carbons (Fsp3) is 0.200. The van der Waals surface area contributed by atoms with Gasteiger partial charge in [-0.2, -0.15) is 0 Å². The van der Waals surface area contributed by atoms with Crippen LogP contribution in [-0.4, -0.2) is 0 Å². The van der Waals surface area contributed by atoms with Gasteiger partial charge in [-0.15, -0.1) is 0 Å². The molecule has 0 aliphatic carbocycles. The monoisotopic (exact) mass is 247 g/mol. The number of nitrogens with two attached hydrogens (primary N) is 1. The standard InChI is InChI=1S/C15H15F2N/c1-9-3-5-14(17)12(7-9)15(18)11-4-6-13(16)10(2)8-11/h3-8,15H,18H2,1-2H3. The normalized spacial score (nSPS) is 12.5. The van der Waals surface area contributed by atoms with E-state index in [1.54, 1.807) is 31.2 Å². The number of rotatable bonds is 2. The first kappa shape index (κ1) is 12.7. The molecule has 0 radical (unpaired) electrons. The van der Waals surface area contributed by atoms with Gasteiger partial charge in [0.05, 0.1) is 6.04 Å². The Morgan fingerprint density at radius 3 is 2.28 bits per heavy atom. The highest BCUT2D eigenvalue weighted by Gasteiger charge is 2.14. The van der Waals surface area contributed by atoms with Crippen LogP contribution in [0.2, 0.25) is 0 Å². The van der Waals surface area contributed by atoms with Gasteiger partial charge in [-0.3, -0.25) is 0 Å². The predicted octanol–water partition coefficient (Wildman–Crippen LogP) is 3.63. The molecular formula is C15H15F2N. The van der Waals surface area contributed by atoms with Crippen LogP contribution in [0.15, 0.2) is 36.4 Å². The first-order chi connectivity index (χ1) is 8.49. The SMILES string of the molecule is Cc1ccc(F)c(C(N)c2ccc(F)c(C)c2)c1. The summed E-state index contributed by atoms with van der Waals surface area (Å²) in [5.74, 6) is -0.620. The van der Waals surface area contributed by atoms with E-state index in [4.69, 9.17) is 5.73 Å². The Morgan fingerprint density at radius 2 is 1.61 bits per heavy atom. The van der Waals surface area contributed by atoms with Crippen LogP contribution in [0.4, 0.5) is 8.78 Å². The van der Waals surface area contributed by atoms with Gasteiger partial charge in [0.15, 0.2) is 0 Å². The van der Waals surface area contributed by atoms with Crippen LogP contribution in [0.25, 0.3) is 0 Å². The summed E-state index contributed by atoms with van der Waals surface area (Å²) in [7, 11) is 0. The van der Waals surface area contributed by atoms with Gasteiger partial charge in [-0.05, 0) is 37.1 Å². The molecule has 0 saturated carbocycles. The summed E-state index contributed by atoms with van der Waals surface area (Å²) in [6, 6.07) is 8.85. The summed E-state index contributed by atoms with van der Waals surface area (Å²) < 4.78 is 26.9. The van der Waals surface area contributed by atoms with E-state index in [-0.39, 0.29) is 11.6 Å². The third-order valence-corrected chi connectivity index (χ3v) is 3.03. The van der Waals surface area contributed by atoms with Gasteiger partial charge in [0, 0.05) is 5.56 Å². The van der Waals surface area contributed by atoms with E-state index in [0.717, 1.165) is 5.56 Å². The van der Waals surface area contributed by atoms with Crippen LogP contribution in [0.1, 0.15) is 28.3 Å². The van der Waals surface area contributed by atoms with Gasteiger partial charge in [-0.1, -0.05) is 29.8 Å². The fourth-order valence-corrected chi connectivity index (χ4v) is 1.94. The van der Waals surface area contributed by atoms with Crippen LogP contribution in [-0.2, 0) is 0 Å². The molecular weight excluding hydrogens is 232 g/mol. The molecule has 0 aliphatic rings. The molecule has 1 unspecified atom stereocenters. The van der Waals surface area contributed by atoms with Crippen molar-refractivity contribution in [2.75, 3.05) is 0 Å². The highest BCUT2D eigenvalue weighted by molar-refractivity contribution is 5.36. The van der Waals surface area contributed by atoms with Gasteiger partial charge in [0.2, 0.25) is 0 Å². The van der Waals surface area contributed by atoms with Gasteiger partial charge in [0.25, 0.3) is 0 Å². The second kappa shape index (κ2) is 4.86. The summed E-state index contributed by atoms with van der Waals surface area (Å²) in [6.45, 7) is 3.55. The van der Waals surface area contributed by atoms with Crippen LogP contribution >= 0.6 is 0 Å². The average Bonchev–Trinajstić information content (AvgIpc) is 2.35. The van der Waals surface area contributed by atoms with Gasteiger partial charge in [-0.25, -0.2) is 8.78 Å². The molecule has 0 saturated heterocycles. The number of aryl methyl sites for hydroxylation is 2. The minimum absolute atomic E-state index is 0.282. The zero-order valence-electron chi connectivity index (χ0n) is 10.4. The van der Waals surface area contributed by atoms with Crippen LogP contribution in [0, 0.1) is 25.5 Å². The van der Waals surface area contributed by atoms with Crippen molar-refractivity contribution in [1.82, 2.24) is 0 Å². The zero-order chi connectivity index (χ0) is 13.3. The van der Waals surface area contributed by atoms with E-state index in [1.165, 1.54) is 12.1 Å². The van der Waals surface area contributed by atoms with Crippen LogP contribution in [0.3, 0.4) is 0 Å². The van der Waals surface area contributed by atoms with E-state index < -0.39 is 6.04 Å². The molecule has 2 aromatic carbocycles. The molecule has 0 aromatic heterocycles. The Hall–Kier alpha value is -1.74. The smallest absolute Gasteiger partial charge is 0.128 e. The van der Waals surface area contributed by atoms with Crippen molar-refractivity contribution < 1.29 is 8.78 Å². The Morgan fingerprint density at radius 1 is 0.944 bits per heavy atom. The molecule has 0 fully saturated rings. The molecule has 0 bridgehead atoms. The minimum atomic E-state index is -0.579. The highest BCUT2D eigenvalue weighted by atomic mass is 19.1. The summed E-state index contributed by atoms with van der Waals surface area (Å²) in [6.07, 6.45) is 0. The molecule has 2 N–H and O–H groups in total. The predicted molar refractivity (Wildman–Crippen MR) is 68.3 cm³/mol. The molecule has 2 rings (SSSR count). The minimum Gasteiger partial charge on any atom is -0.320 e. The lowest BCUT2D eigenvalue weighted by Gasteiger charge is -2.15. The summed E-state index contributed by atoms with van der Waals surface area (Å²) in [5.41, 5.74) is 8.64. The van der Waals surface area contributed by atoms with Crippen molar-refractivity contribution in [2.45, 2.75) is 19.9 Å². The lowest BCUT2D eigenvalue weighted by atomic mass is 9.96. The molecule has 0 heterocycles. The maximum absolute atomic E-state index is 13.7. The van der Waals surface area contributed by atoms with E-state index >= 15 is 0 Å². The van der Waals surface area contributed by atoms with Gasteiger partial charge >= 0.3 is 0 Å². The topological polar surface area (TPSA) is 26.0 Å². The molecule has 94 valence electrons. The Kier molecular flexibility index (Phi) is 3.43. The van der Waals surface area contributed by atoms with Crippen molar-refractivity contribution in [3.05, 3.63) is 70.3 Å². The van der Waals surface area contributed by atoms with Crippen molar-refractivity contribution >= 4 is 0 Å². The molecule has 0 aliphatic heterocycles. The molecule has 1 nitrogen and oxygen atoms in total. The van der Waals surface area contributed by atoms with Crippen LogP contribution < -0.4 is 5.73 Å². The number of benzene rings is 2. The fourth-order valence-electron chi connectivity index (χ4n) is 1.94. The van der Waals surface area contributed by atoms with Crippen molar-refractivity contribution in [2.24, 2.45) is 5.73 Å². The second-order valence-corrected chi connectivity index (χ2v) is 4.51. The third-order valence-electron chi connectivity index (χ3n) is 3.03. The van der Waals surface area contributed by atoms with Gasteiger partial charge < -0.3 is 5.73 Å². The van der Waals surface area contributed by atoms with E-state index in [2.05, 4.69) is 0 Å². The Balaban J connectivity index is 2.44. The van der Waals surface area contributed by atoms with Crippen molar-refractivity contribution in [3.63, 3.8) is 0 Å². The molecule has 0 amide bonds. The summed E-state index contributed by atoms with van der Waals surface area (Å²) in [4.78, 5) is 0. The number of halogens is 2. The maximum Gasteiger partial charge on any atom is 0.128 e. The molecule has 2 aromatic rings. The highest BCUT2D eigenvalue weighted by Crippen LogP contribution is 2.24. The first-order valence-electron chi connectivity index (χ1n) is 5.76. The van der Waals surface area contributed by atoms with E-state index in [1.807, 2.05) is 6.92 Å².